The summed E-state index contributed by atoms with van der Waals surface area (Å²) in [5.41, 5.74) is 9.97. The fraction of sp³-hybridized carbons (Fsp3) is 0.553. The number of nitrogens with two attached hydrogens (primary N) is 1. The van der Waals surface area contributed by atoms with Gasteiger partial charge in [-0.15, -0.1) is 11.3 Å². The van der Waals surface area contributed by atoms with Crippen LogP contribution in [0.4, 0.5) is 19.7 Å². The highest BCUT2D eigenvalue weighted by Crippen LogP contribution is 2.47. The second-order valence-electron chi connectivity index (χ2n) is 11.9. The van der Waals surface area contributed by atoms with E-state index in [2.05, 4.69) is 43.6 Å². The molecule has 9 heteroatoms. The maximum atomic E-state index is 16.7. The topological polar surface area (TPSA) is 88.1 Å². The second-order valence-corrected chi connectivity index (χ2v) is 12.9. The Morgan fingerprint density at radius 3 is 2.36 bits per heavy atom. The maximum Gasteiger partial charge on any atom is 0.225 e. The molecule has 5 rings (SSSR count). The fourth-order valence-corrected chi connectivity index (χ4v) is 6.83. The number of aromatic nitrogens is 2. The number of nitriles is 1. The molecule has 2 aliphatic heterocycles. The van der Waals surface area contributed by atoms with Gasteiger partial charge in [-0.3, -0.25) is 0 Å². The minimum absolute atomic E-state index is 0.154. The number of nitrogen functional groups attached to an aromatic ring is 1. The van der Waals surface area contributed by atoms with Crippen LogP contribution in [0, 0.1) is 29.0 Å². The molecule has 1 atom stereocenters. The summed E-state index contributed by atoms with van der Waals surface area (Å²) >= 11 is 1.00. The Morgan fingerprint density at radius 2 is 1.85 bits per heavy atom. The van der Waals surface area contributed by atoms with Gasteiger partial charge in [-0.2, -0.15) is 5.26 Å². The lowest BCUT2D eigenvalue weighted by Gasteiger charge is -2.20. The Morgan fingerprint density at radius 1 is 1.19 bits per heavy atom. The van der Waals surface area contributed by atoms with Crippen molar-refractivity contribution in [2.75, 3.05) is 23.7 Å². The highest BCUT2D eigenvalue weighted by molar-refractivity contribution is 7.17. The molecule has 0 spiro atoms. The van der Waals surface area contributed by atoms with E-state index >= 15 is 8.78 Å². The van der Waals surface area contributed by atoms with E-state index in [1.54, 1.807) is 13.1 Å². The lowest BCUT2D eigenvalue weighted by Crippen LogP contribution is -2.21. The van der Waals surface area contributed by atoms with E-state index in [9.17, 15) is 5.26 Å². The highest BCUT2D eigenvalue weighted by Gasteiger charge is 2.33. The molecule has 2 N–H and O–H groups in total. The molecule has 3 aromatic rings. The van der Waals surface area contributed by atoms with E-state index in [-0.39, 0.29) is 27.6 Å². The Labute approximate surface area is 285 Å². The average Bonchev–Trinajstić information content (AvgIpc) is 3.83. The number of fused-ring (bicyclic) bond motifs is 3. The van der Waals surface area contributed by atoms with Crippen molar-refractivity contribution in [3.05, 3.63) is 56.4 Å². The highest BCUT2D eigenvalue weighted by atomic mass is 32.1. The SMILES string of the molecule is C/C=C(/F)c1sc(N)c(C#N)c1/C(=C(\C)CC)c1c2c(c3cnc(N4CCC(C)C4)nc3c1F)COC2.CC.CC.CCCC(C)C. The van der Waals surface area contributed by atoms with Gasteiger partial charge in [-0.05, 0) is 55.2 Å². The molecule has 6 nitrogen and oxygen atoms in total. The smallest absolute Gasteiger partial charge is 0.225 e. The molecule has 47 heavy (non-hydrogen) atoms. The van der Waals surface area contributed by atoms with Gasteiger partial charge in [0.05, 0.1) is 23.7 Å². The van der Waals surface area contributed by atoms with E-state index in [4.69, 9.17) is 15.5 Å². The quantitative estimate of drug-likeness (QED) is 0.270. The van der Waals surface area contributed by atoms with E-state index in [0.29, 0.717) is 52.5 Å². The minimum Gasteiger partial charge on any atom is -0.389 e. The standard InChI is InChI=1S/C28H29F2N5OS.C6H14.2C2H6/c1-5-15(4)21(23-16(9-31)27(32)37-26(23)20(29)6-2)22-19-13-36-12-18(19)17-10-33-28(34-25(17)24(22)30)35-8-7-14(3)11-35;1-4-5-6(2)3;2*1-2/h6,10,14H,5,7-8,11-13,32H2,1-4H3;6H,4-5H2,1-3H3;2*1-2H3/b20-6+,21-15+;;;. The first-order valence-electron chi connectivity index (χ1n) is 17.2. The zero-order chi connectivity index (χ0) is 35.4. The Balaban J connectivity index is 0.000000683. The number of halogens is 2. The van der Waals surface area contributed by atoms with Crippen molar-refractivity contribution >= 4 is 44.6 Å². The molecule has 1 unspecified atom stereocenters. The number of allylic oxidation sites excluding steroid dienone is 2. The monoisotopic (exact) mass is 667 g/mol. The van der Waals surface area contributed by atoms with E-state index in [1.165, 1.54) is 18.9 Å². The summed E-state index contributed by atoms with van der Waals surface area (Å²) in [6.45, 7) is 24.5. The first kappa shape index (κ1) is 39.8. The number of benzene rings is 1. The van der Waals surface area contributed by atoms with Crippen molar-refractivity contribution in [2.24, 2.45) is 11.8 Å². The van der Waals surface area contributed by atoms with Crippen LogP contribution in [-0.4, -0.2) is 23.1 Å². The maximum absolute atomic E-state index is 16.7. The molecule has 0 radical (unpaired) electrons. The van der Waals surface area contributed by atoms with Crippen molar-refractivity contribution < 1.29 is 13.5 Å². The van der Waals surface area contributed by atoms with Crippen LogP contribution in [0.15, 0.2) is 17.8 Å². The zero-order valence-electron chi connectivity index (χ0n) is 30.4. The molecule has 258 valence electrons. The van der Waals surface area contributed by atoms with Crippen LogP contribution in [-0.2, 0) is 18.0 Å². The van der Waals surface area contributed by atoms with Gasteiger partial charge in [0.2, 0.25) is 5.95 Å². The van der Waals surface area contributed by atoms with E-state index < -0.39 is 11.6 Å². The summed E-state index contributed by atoms with van der Waals surface area (Å²) in [5.74, 6) is 0.893. The largest absolute Gasteiger partial charge is 0.389 e. The lowest BCUT2D eigenvalue weighted by atomic mass is 9.85. The molecule has 1 fully saturated rings. The molecule has 0 saturated carbocycles. The van der Waals surface area contributed by atoms with Crippen molar-refractivity contribution in [2.45, 2.75) is 115 Å². The van der Waals surface area contributed by atoms with Gasteiger partial charge >= 0.3 is 0 Å². The molecule has 1 saturated heterocycles. The van der Waals surface area contributed by atoms with Crippen LogP contribution in [0.2, 0.25) is 0 Å². The van der Waals surface area contributed by atoms with Crippen molar-refractivity contribution in [3.63, 3.8) is 0 Å². The van der Waals surface area contributed by atoms with Crippen LogP contribution in [0.3, 0.4) is 0 Å². The molecule has 1 aromatic carbocycles. The molecule has 4 heterocycles. The summed E-state index contributed by atoms with van der Waals surface area (Å²) in [6, 6.07) is 2.14. The molecule has 2 aliphatic rings. The summed E-state index contributed by atoms with van der Waals surface area (Å²) in [7, 11) is 0. The first-order valence-corrected chi connectivity index (χ1v) is 18.1. The molecule has 0 aliphatic carbocycles. The van der Waals surface area contributed by atoms with Gasteiger partial charge < -0.3 is 15.4 Å². The Bertz CT molecular complexity index is 1600. The average molecular weight is 668 g/mol. The van der Waals surface area contributed by atoms with Crippen molar-refractivity contribution in [1.29, 1.82) is 5.26 Å². The summed E-state index contributed by atoms with van der Waals surface area (Å²) in [6.07, 6.45) is 7.32. The Kier molecular flexibility index (Phi) is 16.0. The van der Waals surface area contributed by atoms with Gasteiger partial charge in [-0.25, -0.2) is 18.7 Å². The number of hydrogen-bond donors (Lipinski definition) is 1. The first-order chi connectivity index (χ1) is 22.6. The van der Waals surface area contributed by atoms with Gasteiger partial charge in [-0.1, -0.05) is 86.8 Å². The third-order valence-electron chi connectivity index (χ3n) is 8.23. The fourth-order valence-electron chi connectivity index (χ4n) is 5.84. The summed E-state index contributed by atoms with van der Waals surface area (Å²) < 4.78 is 37.7. The summed E-state index contributed by atoms with van der Waals surface area (Å²) in [5, 5.41) is 10.8. The predicted molar refractivity (Wildman–Crippen MR) is 197 cm³/mol. The number of rotatable bonds is 7. The summed E-state index contributed by atoms with van der Waals surface area (Å²) in [4.78, 5) is 11.6. The van der Waals surface area contributed by atoms with E-state index in [1.807, 2.05) is 41.5 Å². The predicted octanol–water partition coefficient (Wildman–Crippen LogP) is 11.2. The number of ether oxygens (including phenoxy) is 1. The number of anilines is 2. The van der Waals surface area contributed by atoms with Crippen molar-refractivity contribution in [1.82, 2.24) is 9.97 Å². The zero-order valence-corrected chi connectivity index (χ0v) is 31.2. The third-order valence-corrected chi connectivity index (χ3v) is 9.26. The second kappa shape index (κ2) is 18.8. The Hall–Kier alpha value is -3.35. The number of thiophene rings is 1. The van der Waals surface area contributed by atoms with Crippen LogP contribution >= 0.6 is 11.3 Å². The minimum atomic E-state index is -0.515. The molecule has 0 bridgehead atoms. The van der Waals surface area contributed by atoms with Crippen LogP contribution < -0.4 is 10.6 Å². The van der Waals surface area contributed by atoms with Gasteiger partial charge in [0.25, 0.3) is 0 Å². The van der Waals surface area contributed by atoms with Gasteiger partial charge in [0.15, 0.2) is 5.82 Å². The third kappa shape index (κ3) is 8.77. The lowest BCUT2D eigenvalue weighted by molar-refractivity contribution is 0.134. The molecule has 2 aromatic heterocycles. The van der Waals surface area contributed by atoms with Crippen LogP contribution in [0.25, 0.3) is 22.3 Å². The van der Waals surface area contributed by atoms with Crippen LogP contribution in [0.5, 0.6) is 0 Å². The molecular weight excluding hydrogens is 613 g/mol. The van der Waals surface area contributed by atoms with E-state index in [0.717, 1.165) is 47.9 Å². The normalized spacial score (nSPS) is 16.0. The van der Waals surface area contributed by atoms with Gasteiger partial charge in [0, 0.05) is 35.8 Å². The van der Waals surface area contributed by atoms with Crippen LogP contribution in [0.1, 0.15) is 135 Å². The number of hydrogen-bond acceptors (Lipinski definition) is 7. The van der Waals surface area contributed by atoms with Gasteiger partial charge in [0.1, 0.15) is 22.4 Å². The molecular formula is C38H55F2N5OS. The van der Waals surface area contributed by atoms with Crippen molar-refractivity contribution in [3.8, 4) is 6.07 Å². The molecule has 0 amide bonds. The number of nitrogens with zero attached hydrogens (tertiary/aromatic N) is 4.